The molecule has 1 fully saturated rings. The van der Waals surface area contributed by atoms with Crippen LogP contribution in [-0.4, -0.2) is 40.7 Å². The number of aliphatic hydroxyl groups excluding tert-OH is 1. The number of rotatable bonds is 6. The van der Waals surface area contributed by atoms with E-state index in [-0.39, 0.29) is 11.5 Å². The number of anilines is 1. The first kappa shape index (κ1) is 21.6. The van der Waals surface area contributed by atoms with Gasteiger partial charge in [-0.15, -0.1) is 0 Å². The van der Waals surface area contributed by atoms with Crippen molar-refractivity contribution in [3.8, 4) is 0 Å². The molecule has 0 spiro atoms. The molecule has 8 nitrogen and oxygen atoms in total. The van der Waals surface area contributed by atoms with Crippen LogP contribution in [0.4, 0.5) is 16.2 Å². The topological polar surface area (TPSA) is 123 Å². The molecule has 0 saturated carbocycles. The average Bonchev–Trinajstić information content (AvgIpc) is 2.89. The Kier molecular flexibility index (Phi) is 5.96. The molecule has 8 heteroatoms. The minimum absolute atomic E-state index is 0.0161. The molecule has 166 valence electrons. The summed E-state index contributed by atoms with van der Waals surface area (Å²) in [5.41, 5.74) is 6.21. The number of nitrogens with zero attached hydrogens (tertiary/aromatic N) is 1. The number of fused-ring (bicyclic) bond motifs is 2. The maximum absolute atomic E-state index is 11.9. The zero-order valence-electron chi connectivity index (χ0n) is 18.0. The third-order valence-electron chi connectivity index (χ3n) is 5.86. The van der Waals surface area contributed by atoms with E-state index in [1.54, 1.807) is 24.3 Å². The molecule has 2 aromatic rings. The Morgan fingerprint density at radius 2 is 1.88 bits per heavy atom. The SMILES string of the molecule is Cc1cc2c(cc1C)C(CCCNc1ccc(C(=O)O)cc1)C=C1NC(=O)NC(O)C1=N2. The minimum Gasteiger partial charge on any atom is -0.478 e. The van der Waals surface area contributed by atoms with Crippen LogP contribution < -0.4 is 16.0 Å². The summed E-state index contributed by atoms with van der Waals surface area (Å²) < 4.78 is 0. The van der Waals surface area contributed by atoms with Gasteiger partial charge in [0, 0.05) is 18.2 Å². The Labute approximate surface area is 186 Å². The number of aromatic carboxylic acids is 1. The highest BCUT2D eigenvalue weighted by atomic mass is 16.4. The fourth-order valence-corrected chi connectivity index (χ4v) is 3.97. The van der Waals surface area contributed by atoms with E-state index in [9.17, 15) is 14.7 Å². The van der Waals surface area contributed by atoms with E-state index in [0.717, 1.165) is 40.9 Å². The monoisotopic (exact) mass is 434 g/mol. The maximum Gasteiger partial charge on any atom is 0.335 e. The van der Waals surface area contributed by atoms with Gasteiger partial charge in [-0.05, 0) is 73.7 Å². The van der Waals surface area contributed by atoms with Gasteiger partial charge < -0.3 is 26.2 Å². The highest BCUT2D eigenvalue weighted by molar-refractivity contribution is 6.10. The van der Waals surface area contributed by atoms with Crippen molar-refractivity contribution in [3.63, 3.8) is 0 Å². The Balaban J connectivity index is 1.51. The van der Waals surface area contributed by atoms with Gasteiger partial charge in [-0.1, -0.05) is 12.1 Å². The summed E-state index contributed by atoms with van der Waals surface area (Å²) in [6.07, 6.45) is 2.47. The number of aliphatic hydroxyl groups is 1. The standard InChI is InChI=1S/C24H26N4O4/c1-13-10-18-16(4-3-9-25-17-7-5-15(6-8-17)23(30)31)12-20-21(22(29)28-24(32)27-20)26-19(18)11-14(13)2/h5-8,10-12,16,22,25,29H,3-4,9H2,1-2H3,(H,30,31)(H2,27,28,32). The average molecular weight is 434 g/mol. The molecule has 2 atom stereocenters. The summed E-state index contributed by atoms with van der Waals surface area (Å²) in [7, 11) is 0. The van der Waals surface area contributed by atoms with Crippen LogP contribution in [0.2, 0.25) is 0 Å². The Morgan fingerprint density at radius 3 is 2.59 bits per heavy atom. The lowest BCUT2D eigenvalue weighted by Crippen LogP contribution is -2.54. The highest BCUT2D eigenvalue weighted by Crippen LogP contribution is 2.37. The van der Waals surface area contributed by atoms with E-state index in [1.165, 1.54) is 0 Å². The molecule has 2 aliphatic heterocycles. The first-order valence-electron chi connectivity index (χ1n) is 10.6. The van der Waals surface area contributed by atoms with E-state index < -0.39 is 18.2 Å². The summed E-state index contributed by atoms with van der Waals surface area (Å²) in [5.74, 6) is -0.929. The lowest BCUT2D eigenvalue weighted by molar-refractivity contribution is 0.0697. The number of allylic oxidation sites excluding steroid dienone is 1. The second-order valence-corrected chi connectivity index (χ2v) is 8.13. The summed E-state index contributed by atoms with van der Waals surface area (Å²) >= 11 is 0. The van der Waals surface area contributed by atoms with Crippen LogP contribution in [0.25, 0.3) is 0 Å². The number of nitrogens with one attached hydrogen (secondary N) is 3. The number of carboxylic acid groups (broad SMARTS) is 1. The van der Waals surface area contributed by atoms with E-state index >= 15 is 0 Å². The zero-order chi connectivity index (χ0) is 22.8. The summed E-state index contributed by atoms with van der Waals surface area (Å²) in [5, 5.41) is 27.9. The van der Waals surface area contributed by atoms with Crippen molar-refractivity contribution in [2.45, 2.75) is 38.8 Å². The van der Waals surface area contributed by atoms with E-state index in [4.69, 9.17) is 5.11 Å². The number of amides is 2. The summed E-state index contributed by atoms with van der Waals surface area (Å²) in [4.78, 5) is 27.6. The van der Waals surface area contributed by atoms with Crippen LogP contribution in [0.1, 0.15) is 45.8 Å². The van der Waals surface area contributed by atoms with Crippen molar-refractivity contribution in [1.82, 2.24) is 10.6 Å². The molecule has 1 saturated heterocycles. The number of benzene rings is 2. The van der Waals surface area contributed by atoms with Gasteiger partial charge in [-0.2, -0.15) is 0 Å². The Hall–Kier alpha value is -3.65. The van der Waals surface area contributed by atoms with Crippen molar-refractivity contribution in [2.24, 2.45) is 4.99 Å². The smallest absolute Gasteiger partial charge is 0.335 e. The molecule has 2 aliphatic rings. The lowest BCUT2D eigenvalue weighted by Gasteiger charge is -2.24. The van der Waals surface area contributed by atoms with Crippen molar-refractivity contribution in [3.05, 3.63) is 70.4 Å². The molecule has 5 N–H and O–H groups in total. The Morgan fingerprint density at radius 1 is 1.16 bits per heavy atom. The normalized spacial score (nSPS) is 19.4. The lowest BCUT2D eigenvalue weighted by atomic mass is 9.89. The molecule has 4 rings (SSSR count). The van der Waals surface area contributed by atoms with Gasteiger partial charge in [0.1, 0.15) is 5.71 Å². The van der Waals surface area contributed by atoms with Crippen molar-refractivity contribution >= 4 is 29.1 Å². The minimum atomic E-state index is -1.15. The molecule has 0 radical (unpaired) electrons. The molecule has 32 heavy (non-hydrogen) atoms. The van der Waals surface area contributed by atoms with Crippen molar-refractivity contribution in [2.75, 3.05) is 11.9 Å². The van der Waals surface area contributed by atoms with Crippen LogP contribution in [0.15, 0.2) is 53.2 Å². The van der Waals surface area contributed by atoms with Crippen LogP contribution in [0, 0.1) is 13.8 Å². The van der Waals surface area contributed by atoms with Crippen LogP contribution in [0.5, 0.6) is 0 Å². The number of aliphatic imine (C=N–C) groups is 1. The van der Waals surface area contributed by atoms with E-state index in [0.29, 0.717) is 18.0 Å². The van der Waals surface area contributed by atoms with Crippen LogP contribution >= 0.6 is 0 Å². The number of hydrogen-bond donors (Lipinski definition) is 5. The van der Waals surface area contributed by atoms with Gasteiger partial charge in [-0.25, -0.2) is 14.6 Å². The largest absolute Gasteiger partial charge is 0.478 e. The van der Waals surface area contributed by atoms with Crippen LogP contribution in [-0.2, 0) is 0 Å². The van der Waals surface area contributed by atoms with Gasteiger partial charge in [0.15, 0.2) is 6.23 Å². The van der Waals surface area contributed by atoms with Crippen LogP contribution in [0.3, 0.4) is 0 Å². The predicted molar refractivity (Wildman–Crippen MR) is 123 cm³/mol. The first-order chi connectivity index (χ1) is 15.3. The van der Waals surface area contributed by atoms with Crippen molar-refractivity contribution in [1.29, 1.82) is 0 Å². The van der Waals surface area contributed by atoms with Gasteiger partial charge in [0.2, 0.25) is 0 Å². The molecule has 0 aliphatic carbocycles. The third kappa shape index (κ3) is 4.50. The van der Waals surface area contributed by atoms with Gasteiger partial charge in [0.25, 0.3) is 0 Å². The fourth-order valence-electron chi connectivity index (χ4n) is 3.97. The molecular formula is C24H26N4O4. The quantitative estimate of drug-likeness (QED) is 0.445. The molecular weight excluding hydrogens is 408 g/mol. The molecule has 0 bridgehead atoms. The predicted octanol–water partition coefficient (Wildman–Crippen LogP) is 3.58. The molecule has 2 unspecified atom stereocenters. The maximum atomic E-state index is 11.9. The van der Waals surface area contributed by atoms with Crippen molar-refractivity contribution < 1.29 is 19.8 Å². The van der Waals surface area contributed by atoms with E-state index in [2.05, 4.69) is 33.9 Å². The molecule has 2 aromatic carbocycles. The first-order valence-corrected chi connectivity index (χ1v) is 10.6. The van der Waals surface area contributed by atoms with Gasteiger partial charge >= 0.3 is 12.0 Å². The third-order valence-corrected chi connectivity index (χ3v) is 5.86. The zero-order valence-corrected chi connectivity index (χ0v) is 18.0. The van der Waals surface area contributed by atoms with Gasteiger partial charge in [-0.3, -0.25) is 0 Å². The van der Waals surface area contributed by atoms with E-state index in [1.807, 2.05) is 19.1 Å². The number of urea groups is 1. The number of carbonyl (C=O) groups excluding carboxylic acids is 1. The molecule has 0 aromatic heterocycles. The fraction of sp³-hybridized carbons (Fsp3) is 0.292. The molecule has 2 amide bonds. The number of carboxylic acids is 1. The number of hydrogen-bond acceptors (Lipinski definition) is 5. The molecule has 2 heterocycles. The summed E-state index contributed by atoms with van der Waals surface area (Å²) in [6, 6.07) is 10.4. The number of carbonyl (C=O) groups is 2. The number of aryl methyl sites for hydroxylation is 2. The summed E-state index contributed by atoms with van der Waals surface area (Å²) in [6.45, 7) is 4.79. The van der Waals surface area contributed by atoms with Gasteiger partial charge in [0.05, 0.1) is 16.9 Å². The highest BCUT2D eigenvalue weighted by Gasteiger charge is 2.30. The Bertz CT molecular complexity index is 1120. The second-order valence-electron chi connectivity index (χ2n) is 8.13. The second kappa shape index (κ2) is 8.84.